The average molecular weight is 256 g/mol. The van der Waals surface area contributed by atoms with Crippen molar-refractivity contribution in [3.8, 4) is 5.75 Å². The van der Waals surface area contributed by atoms with Gasteiger partial charge in [0.1, 0.15) is 11.9 Å². The van der Waals surface area contributed by atoms with E-state index < -0.39 is 0 Å². The maximum absolute atomic E-state index is 6.16. The summed E-state index contributed by atoms with van der Waals surface area (Å²) in [6, 6.07) is 6.51. The van der Waals surface area contributed by atoms with Gasteiger partial charge < -0.3 is 4.74 Å². The van der Waals surface area contributed by atoms with E-state index in [4.69, 9.17) is 4.74 Å². The van der Waals surface area contributed by atoms with E-state index in [1.165, 1.54) is 23.1 Å². The van der Waals surface area contributed by atoms with Crippen molar-refractivity contribution in [3.63, 3.8) is 0 Å². The average Bonchev–Trinajstić information content (AvgIpc) is 2.59. The molecule has 102 valence electrons. The van der Waals surface area contributed by atoms with E-state index >= 15 is 0 Å². The summed E-state index contributed by atoms with van der Waals surface area (Å²) in [7, 11) is 0. The van der Waals surface area contributed by atoms with Crippen molar-refractivity contribution in [3.05, 3.63) is 53.1 Å². The van der Waals surface area contributed by atoms with Gasteiger partial charge in [0.15, 0.2) is 0 Å². The standard InChI is InChI=1S/C16H18O.C2H6/c1-11-4-8-15-14(9-11)7-6-13-5-3-12(2)10-16(13)17-15;1-2/h3-5,8-10,13,16H,6-7H2,1-2H3;1-2H3. The Morgan fingerprint density at radius 3 is 2.74 bits per heavy atom. The van der Waals surface area contributed by atoms with E-state index in [1.54, 1.807) is 0 Å². The molecule has 1 aromatic carbocycles. The first-order valence-corrected chi connectivity index (χ1v) is 7.35. The highest BCUT2D eigenvalue weighted by atomic mass is 16.5. The molecule has 1 heterocycles. The van der Waals surface area contributed by atoms with Crippen molar-refractivity contribution in [2.45, 2.75) is 46.6 Å². The normalized spacial score (nSPS) is 23.9. The quantitative estimate of drug-likeness (QED) is 0.645. The van der Waals surface area contributed by atoms with E-state index in [0.717, 1.165) is 12.2 Å². The van der Waals surface area contributed by atoms with E-state index in [0.29, 0.717) is 5.92 Å². The van der Waals surface area contributed by atoms with Gasteiger partial charge in [-0.2, -0.15) is 0 Å². The van der Waals surface area contributed by atoms with E-state index in [1.807, 2.05) is 13.8 Å². The summed E-state index contributed by atoms with van der Waals surface area (Å²) in [5.74, 6) is 1.61. The fourth-order valence-corrected chi connectivity index (χ4v) is 2.69. The minimum Gasteiger partial charge on any atom is -0.485 e. The molecule has 2 atom stereocenters. The van der Waals surface area contributed by atoms with Crippen molar-refractivity contribution in [1.29, 1.82) is 0 Å². The predicted octanol–water partition coefficient (Wildman–Crippen LogP) is 4.85. The smallest absolute Gasteiger partial charge is 0.124 e. The fraction of sp³-hybridized carbons (Fsp3) is 0.444. The molecule has 0 saturated carbocycles. The predicted molar refractivity (Wildman–Crippen MR) is 81.7 cm³/mol. The Hall–Kier alpha value is -1.50. The minimum atomic E-state index is 0.226. The maximum atomic E-state index is 6.16. The van der Waals surface area contributed by atoms with Crippen LogP contribution in [0.5, 0.6) is 5.75 Å². The molecule has 1 aromatic rings. The van der Waals surface area contributed by atoms with Crippen molar-refractivity contribution in [2.75, 3.05) is 0 Å². The van der Waals surface area contributed by atoms with Crippen molar-refractivity contribution in [2.24, 2.45) is 5.92 Å². The number of hydrogen-bond donors (Lipinski definition) is 0. The topological polar surface area (TPSA) is 9.23 Å². The number of rotatable bonds is 0. The first kappa shape index (κ1) is 13.9. The van der Waals surface area contributed by atoms with Crippen LogP contribution in [0.15, 0.2) is 42.0 Å². The first-order valence-electron chi connectivity index (χ1n) is 7.35. The van der Waals surface area contributed by atoms with Gasteiger partial charge >= 0.3 is 0 Å². The lowest BCUT2D eigenvalue weighted by Gasteiger charge is -2.23. The molecular formula is C18H24O. The zero-order chi connectivity index (χ0) is 13.8. The van der Waals surface area contributed by atoms with Gasteiger partial charge in [0.05, 0.1) is 0 Å². The Bertz CT molecular complexity index is 496. The Kier molecular flexibility index (Phi) is 4.47. The molecule has 1 aliphatic carbocycles. The summed E-state index contributed by atoms with van der Waals surface area (Å²) in [5.41, 5.74) is 3.99. The molecule has 1 nitrogen and oxygen atoms in total. The summed E-state index contributed by atoms with van der Waals surface area (Å²) in [4.78, 5) is 0. The molecule has 2 aliphatic rings. The molecule has 0 fully saturated rings. The zero-order valence-corrected chi connectivity index (χ0v) is 12.4. The molecule has 1 aliphatic heterocycles. The van der Waals surface area contributed by atoms with Crippen molar-refractivity contribution >= 4 is 0 Å². The Morgan fingerprint density at radius 1 is 1.16 bits per heavy atom. The third kappa shape index (κ3) is 3.09. The zero-order valence-electron chi connectivity index (χ0n) is 12.4. The van der Waals surface area contributed by atoms with Crippen LogP contribution in [0, 0.1) is 12.8 Å². The number of ether oxygens (including phenoxy) is 1. The Labute approximate surface area is 117 Å². The second-order valence-electron chi connectivity index (χ2n) is 5.17. The summed E-state index contributed by atoms with van der Waals surface area (Å²) in [6.45, 7) is 8.28. The van der Waals surface area contributed by atoms with Crippen LogP contribution >= 0.6 is 0 Å². The van der Waals surface area contributed by atoms with Gasteiger partial charge in [-0.25, -0.2) is 0 Å². The van der Waals surface area contributed by atoms with Crippen molar-refractivity contribution < 1.29 is 4.74 Å². The van der Waals surface area contributed by atoms with Crippen LogP contribution in [0.3, 0.4) is 0 Å². The Morgan fingerprint density at radius 2 is 1.95 bits per heavy atom. The molecule has 1 heteroatoms. The lowest BCUT2D eigenvalue weighted by molar-refractivity contribution is 0.204. The van der Waals surface area contributed by atoms with Crippen LogP contribution in [0.2, 0.25) is 0 Å². The van der Waals surface area contributed by atoms with Gasteiger partial charge in [-0.1, -0.05) is 49.3 Å². The van der Waals surface area contributed by atoms with Crippen LogP contribution in [0.4, 0.5) is 0 Å². The van der Waals surface area contributed by atoms with Gasteiger partial charge in [-0.05, 0) is 44.4 Å². The molecule has 3 rings (SSSR count). The van der Waals surface area contributed by atoms with Crippen LogP contribution in [-0.2, 0) is 6.42 Å². The molecule has 0 bridgehead atoms. The van der Waals surface area contributed by atoms with Gasteiger partial charge in [-0.3, -0.25) is 0 Å². The summed E-state index contributed by atoms with van der Waals surface area (Å²) in [6.07, 6.45) is 9.30. The van der Waals surface area contributed by atoms with Gasteiger partial charge in [-0.15, -0.1) is 0 Å². The minimum absolute atomic E-state index is 0.226. The third-order valence-electron chi connectivity index (χ3n) is 3.68. The molecular weight excluding hydrogens is 232 g/mol. The van der Waals surface area contributed by atoms with Crippen LogP contribution < -0.4 is 4.74 Å². The van der Waals surface area contributed by atoms with Crippen LogP contribution in [0.1, 0.15) is 38.3 Å². The fourth-order valence-electron chi connectivity index (χ4n) is 2.69. The molecule has 0 aromatic heterocycles. The second kappa shape index (κ2) is 6.10. The number of fused-ring (bicyclic) bond motifs is 2. The molecule has 19 heavy (non-hydrogen) atoms. The molecule has 0 amide bonds. The van der Waals surface area contributed by atoms with E-state index in [9.17, 15) is 0 Å². The second-order valence-corrected chi connectivity index (χ2v) is 5.17. The molecule has 0 saturated heterocycles. The number of benzene rings is 1. The highest BCUT2D eigenvalue weighted by Crippen LogP contribution is 2.33. The van der Waals surface area contributed by atoms with E-state index in [-0.39, 0.29) is 6.10 Å². The number of hydrogen-bond acceptors (Lipinski definition) is 1. The molecule has 0 N–H and O–H groups in total. The van der Waals surface area contributed by atoms with Crippen LogP contribution in [0.25, 0.3) is 0 Å². The summed E-state index contributed by atoms with van der Waals surface area (Å²) >= 11 is 0. The van der Waals surface area contributed by atoms with Gasteiger partial charge in [0.25, 0.3) is 0 Å². The number of allylic oxidation sites excluding steroid dienone is 2. The highest BCUT2D eigenvalue weighted by molar-refractivity contribution is 5.39. The van der Waals surface area contributed by atoms with Crippen LogP contribution in [-0.4, -0.2) is 6.10 Å². The largest absolute Gasteiger partial charge is 0.485 e. The summed E-state index contributed by atoms with van der Waals surface area (Å²) < 4.78 is 6.16. The van der Waals surface area contributed by atoms with Gasteiger partial charge in [0.2, 0.25) is 0 Å². The monoisotopic (exact) mass is 256 g/mol. The molecule has 0 spiro atoms. The van der Waals surface area contributed by atoms with E-state index in [2.05, 4.69) is 50.3 Å². The number of aryl methyl sites for hydroxylation is 2. The first-order chi connectivity index (χ1) is 9.22. The summed E-state index contributed by atoms with van der Waals surface area (Å²) in [5, 5.41) is 0. The lowest BCUT2D eigenvalue weighted by atomic mass is 9.90. The maximum Gasteiger partial charge on any atom is 0.124 e. The highest BCUT2D eigenvalue weighted by Gasteiger charge is 2.25. The third-order valence-corrected chi connectivity index (χ3v) is 3.68. The molecule has 0 radical (unpaired) electrons. The Balaban J connectivity index is 0.000000637. The molecule has 2 unspecified atom stereocenters. The SMILES string of the molecule is CC.CC1=CC2Oc3ccc(C)cc3CCC2C=C1. The van der Waals surface area contributed by atoms with Gasteiger partial charge in [0, 0.05) is 5.92 Å². The van der Waals surface area contributed by atoms with Crippen molar-refractivity contribution in [1.82, 2.24) is 0 Å². The lowest BCUT2D eigenvalue weighted by Crippen LogP contribution is -2.24.